The highest BCUT2D eigenvalue weighted by atomic mass is 32.1. The summed E-state index contributed by atoms with van der Waals surface area (Å²) in [6.07, 6.45) is 3.88. The fourth-order valence-corrected chi connectivity index (χ4v) is 4.52. The number of amides is 2. The number of rotatable bonds is 5. The maximum atomic E-state index is 13.6. The number of carbonyl (C=O) groups excluding carboxylic acids is 2. The molecule has 2 amide bonds. The van der Waals surface area contributed by atoms with Gasteiger partial charge < -0.3 is 4.74 Å². The average molecular weight is 403 g/mol. The lowest BCUT2D eigenvalue weighted by Gasteiger charge is -2.18. The van der Waals surface area contributed by atoms with Gasteiger partial charge in [0, 0.05) is 10.4 Å². The molecule has 1 atom stereocenters. The molecule has 0 bridgehead atoms. The molecule has 1 unspecified atom stereocenters. The molecule has 28 heavy (non-hydrogen) atoms. The molecule has 0 saturated heterocycles. The number of ether oxygens (including phenoxy) is 1. The number of thiophene rings is 1. The van der Waals surface area contributed by atoms with Crippen molar-refractivity contribution < 1.29 is 18.7 Å². The largest absolute Gasteiger partial charge is 0.462 e. The molecular weight excluding hydrogens is 381 g/mol. The number of hydrogen-bond donors (Lipinski definition) is 2. The van der Waals surface area contributed by atoms with Crippen LogP contribution in [0.5, 0.6) is 0 Å². The van der Waals surface area contributed by atoms with Crippen LogP contribution in [0.15, 0.2) is 29.4 Å². The van der Waals surface area contributed by atoms with E-state index in [1.165, 1.54) is 23.6 Å². The van der Waals surface area contributed by atoms with Crippen LogP contribution in [0.25, 0.3) is 0 Å². The second-order valence-electron chi connectivity index (χ2n) is 6.62. The van der Waals surface area contributed by atoms with Gasteiger partial charge in [-0.05, 0) is 43.7 Å². The first-order chi connectivity index (χ1) is 13.5. The van der Waals surface area contributed by atoms with Gasteiger partial charge >= 0.3 is 12.0 Å². The van der Waals surface area contributed by atoms with Gasteiger partial charge in [-0.25, -0.2) is 19.4 Å². The number of urea groups is 1. The van der Waals surface area contributed by atoms with Crippen LogP contribution in [-0.4, -0.2) is 24.8 Å². The summed E-state index contributed by atoms with van der Waals surface area (Å²) in [5.41, 5.74) is 3.96. The van der Waals surface area contributed by atoms with Gasteiger partial charge in [-0.3, -0.25) is 5.32 Å². The van der Waals surface area contributed by atoms with Crippen LogP contribution in [0.3, 0.4) is 0 Å². The van der Waals surface area contributed by atoms with Crippen molar-refractivity contribution in [3.8, 4) is 0 Å². The van der Waals surface area contributed by atoms with Gasteiger partial charge in [0.15, 0.2) is 0 Å². The van der Waals surface area contributed by atoms with E-state index in [-0.39, 0.29) is 12.2 Å². The highest BCUT2D eigenvalue weighted by Crippen LogP contribution is 2.40. The number of hydrogen-bond acceptors (Lipinski definition) is 5. The van der Waals surface area contributed by atoms with Crippen molar-refractivity contribution in [3.63, 3.8) is 0 Å². The molecule has 0 fully saturated rings. The first-order valence-corrected chi connectivity index (χ1v) is 9.97. The SMILES string of the molecule is CCOC(=O)c1c(NC(=O)NN=Cc2ccccc2F)sc2c1CCC(C)C2. The summed E-state index contributed by atoms with van der Waals surface area (Å²) >= 11 is 1.40. The van der Waals surface area contributed by atoms with Gasteiger partial charge in [0.25, 0.3) is 0 Å². The van der Waals surface area contributed by atoms with Crippen molar-refractivity contribution in [1.29, 1.82) is 0 Å². The zero-order chi connectivity index (χ0) is 20.1. The Kier molecular flexibility index (Phi) is 6.41. The molecule has 1 heterocycles. The van der Waals surface area contributed by atoms with E-state index in [0.717, 1.165) is 29.7 Å². The van der Waals surface area contributed by atoms with E-state index in [4.69, 9.17) is 4.74 Å². The van der Waals surface area contributed by atoms with Crippen molar-refractivity contribution in [3.05, 3.63) is 51.7 Å². The lowest BCUT2D eigenvalue weighted by atomic mass is 9.88. The third-order valence-corrected chi connectivity index (χ3v) is 5.66. The Morgan fingerprint density at radius 3 is 2.93 bits per heavy atom. The summed E-state index contributed by atoms with van der Waals surface area (Å²) in [7, 11) is 0. The molecule has 1 aromatic heterocycles. The topological polar surface area (TPSA) is 79.8 Å². The van der Waals surface area contributed by atoms with Crippen LogP contribution in [-0.2, 0) is 17.6 Å². The fourth-order valence-electron chi connectivity index (χ4n) is 3.13. The second kappa shape index (κ2) is 8.97. The van der Waals surface area contributed by atoms with E-state index < -0.39 is 17.8 Å². The molecule has 2 N–H and O–H groups in total. The van der Waals surface area contributed by atoms with E-state index in [1.807, 2.05) is 0 Å². The molecule has 0 saturated carbocycles. The smallest absolute Gasteiger partial charge is 0.341 e. The van der Waals surface area contributed by atoms with Gasteiger partial charge in [-0.15, -0.1) is 11.3 Å². The van der Waals surface area contributed by atoms with Crippen molar-refractivity contribution in [1.82, 2.24) is 5.43 Å². The molecular formula is C20H22FN3O3S. The van der Waals surface area contributed by atoms with Crippen LogP contribution in [0.1, 0.15) is 46.6 Å². The van der Waals surface area contributed by atoms with E-state index >= 15 is 0 Å². The van der Waals surface area contributed by atoms with E-state index in [2.05, 4.69) is 22.8 Å². The quantitative estimate of drug-likeness (QED) is 0.443. The Morgan fingerprint density at radius 2 is 2.18 bits per heavy atom. The summed E-state index contributed by atoms with van der Waals surface area (Å²) in [4.78, 5) is 25.8. The van der Waals surface area contributed by atoms with Crippen LogP contribution >= 0.6 is 11.3 Å². The van der Waals surface area contributed by atoms with Crippen molar-refractivity contribution in [2.24, 2.45) is 11.0 Å². The van der Waals surface area contributed by atoms with Crippen LogP contribution in [0.4, 0.5) is 14.2 Å². The van der Waals surface area contributed by atoms with Crippen LogP contribution in [0.2, 0.25) is 0 Å². The third-order valence-electron chi connectivity index (χ3n) is 4.49. The minimum absolute atomic E-state index is 0.260. The number of nitrogens with one attached hydrogen (secondary N) is 2. The van der Waals surface area contributed by atoms with Crippen LogP contribution in [0, 0.1) is 11.7 Å². The molecule has 8 heteroatoms. The Balaban J connectivity index is 1.74. The number of fused-ring (bicyclic) bond motifs is 1. The Hall–Kier alpha value is -2.74. The second-order valence-corrected chi connectivity index (χ2v) is 7.73. The molecule has 1 aromatic carbocycles. The monoisotopic (exact) mass is 403 g/mol. The van der Waals surface area contributed by atoms with Crippen LogP contribution < -0.4 is 10.7 Å². The highest BCUT2D eigenvalue weighted by Gasteiger charge is 2.29. The zero-order valence-electron chi connectivity index (χ0n) is 15.8. The predicted molar refractivity (Wildman–Crippen MR) is 108 cm³/mol. The third kappa shape index (κ3) is 4.56. The van der Waals surface area contributed by atoms with Gasteiger partial charge in [0.05, 0.1) is 18.4 Å². The maximum absolute atomic E-state index is 13.6. The highest BCUT2D eigenvalue weighted by molar-refractivity contribution is 7.17. The van der Waals surface area contributed by atoms with Crippen molar-refractivity contribution >= 4 is 34.6 Å². The summed E-state index contributed by atoms with van der Waals surface area (Å²) in [6.45, 7) is 4.18. The van der Waals surface area contributed by atoms with Crippen molar-refractivity contribution in [2.75, 3.05) is 11.9 Å². The molecule has 0 aliphatic heterocycles. The summed E-state index contributed by atoms with van der Waals surface area (Å²) in [6, 6.07) is 5.50. The number of carbonyl (C=O) groups is 2. The lowest BCUT2D eigenvalue weighted by molar-refractivity contribution is 0.0526. The van der Waals surface area contributed by atoms with Gasteiger partial charge in [0.1, 0.15) is 10.8 Å². The zero-order valence-corrected chi connectivity index (χ0v) is 16.6. The molecule has 6 nitrogen and oxygen atoms in total. The minimum atomic E-state index is -0.607. The Labute approximate surface area is 166 Å². The Morgan fingerprint density at radius 1 is 1.39 bits per heavy atom. The number of esters is 1. The van der Waals surface area contributed by atoms with Gasteiger partial charge in [0.2, 0.25) is 0 Å². The van der Waals surface area contributed by atoms with Gasteiger partial charge in [-0.2, -0.15) is 5.10 Å². The molecule has 2 aromatic rings. The molecule has 1 aliphatic carbocycles. The lowest BCUT2D eigenvalue weighted by Crippen LogP contribution is -2.25. The molecule has 3 rings (SSSR count). The number of halogens is 1. The number of nitrogens with zero attached hydrogens (tertiary/aromatic N) is 1. The number of anilines is 1. The van der Waals surface area contributed by atoms with Crippen molar-refractivity contribution in [2.45, 2.75) is 33.1 Å². The fraction of sp³-hybridized carbons (Fsp3) is 0.350. The summed E-state index contributed by atoms with van der Waals surface area (Å²) < 4.78 is 18.7. The standard InChI is InChI=1S/C20H22FN3O3S/c1-3-27-19(25)17-14-9-8-12(2)10-16(14)28-18(17)23-20(26)24-22-11-13-6-4-5-7-15(13)21/h4-7,11-12H,3,8-10H2,1-2H3,(H2,23,24,26). The molecule has 1 aliphatic rings. The maximum Gasteiger partial charge on any atom is 0.341 e. The van der Waals surface area contributed by atoms with Gasteiger partial charge in [-0.1, -0.05) is 25.1 Å². The normalized spacial score (nSPS) is 15.9. The number of hydrazone groups is 1. The summed E-state index contributed by atoms with van der Waals surface area (Å²) in [5.74, 6) is -0.328. The number of benzene rings is 1. The van der Waals surface area contributed by atoms with E-state index in [0.29, 0.717) is 16.5 Å². The minimum Gasteiger partial charge on any atom is -0.462 e. The first-order valence-electron chi connectivity index (χ1n) is 9.15. The summed E-state index contributed by atoms with van der Waals surface area (Å²) in [5, 5.41) is 6.90. The van der Waals surface area contributed by atoms with E-state index in [1.54, 1.807) is 25.1 Å². The molecule has 148 valence electrons. The predicted octanol–water partition coefficient (Wildman–Crippen LogP) is 4.34. The molecule has 0 radical (unpaired) electrons. The van der Waals surface area contributed by atoms with E-state index in [9.17, 15) is 14.0 Å². The molecule has 0 spiro atoms. The average Bonchev–Trinajstić information content (AvgIpc) is 3.00. The Bertz CT molecular complexity index is 910. The first kappa shape index (κ1) is 20.0.